The topological polar surface area (TPSA) is 107 Å². The van der Waals surface area contributed by atoms with Crippen molar-refractivity contribution in [3.63, 3.8) is 0 Å². The fraction of sp³-hybridized carbons (Fsp3) is 0.0952. The van der Waals surface area contributed by atoms with Crippen molar-refractivity contribution in [2.45, 2.75) is 11.8 Å². The van der Waals surface area contributed by atoms with Gasteiger partial charge in [0.2, 0.25) is 0 Å². The normalized spacial score (nSPS) is 11.0. The van der Waals surface area contributed by atoms with Gasteiger partial charge in [-0.3, -0.25) is 14.9 Å². The lowest BCUT2D eigenvalue weighted by atomic mass is 10.2. The lowest BCUT2D eigenvalue weighted by molar-refractivity contribution is -0.384. The summed E-state index contributed by atoms with van der Waals surface area (Å²) in [6.07, 6.45) is 0. The number of nitrogens with zero attached hydrogens (tertiary/aromatic N) is 2. The lowest BCUT2D eigenvalue weighted by Gasteiger charge is -2.23. The number of sulfonamides is 1. The summed E-state index contributed by atoms with van der Waals surface area (Å²) >= 11 is 0. The van der Waals surface area contributed by atoms with Gasteiger partial charge < -0.3 is 4.74 Å². The van der Waals surface area contributed by atoms with Gasteiger partial charge in [0.25, 0.3) is 21.6 Å². The van der Waals surface area contributed by atoms with E-state index in [2.05, 4.69) is 0 Å². The van der Waals surface area contributed by atoms with Crippen molar-refractivity contribution in [2.24, 2.45) is 0 Å². The summed E-state index contributed by atoms with van der Waals surface area (Å²) in [7, 11) is -4.24. The van der Waals surface area contributed by atoms with E-state index in [9.17, 15) is 23.3 Å². The van der Waals surface area contributed by atoms with Crippen molar-refractivity contribution in [1.82, 2.24) is 0 Å². The van der Waals surface area contributed by atoms with Gasteiger partial charge in [0, 0.05) is 17.7 Å². The van der Waals surface area contributed by atoms with E-state index in [1.165, 1.54) is 36.4 Å². The maximum absolute atomic E-state index is 13.3. The fourth-order valence-corrected chi connectivity index (χ4v) is 4.19. The quantitative estimate of drug-likeness (QED) is 0.417. The number of amides is 1. The first-order valence-electron chi connectivity index (χ1n) is 8.96. The molecule has 0 N–H and O–H groups in total. The summed E-state index contributed by atoms with van der Waals surface area (Å²) < 4.78 is 32.7. The summed E-state index contributed by atoms with van der Waals surface area (Å²) in [5.41, 5.74) is -0.0928. The molecule has 3 aromatic carbocycles. The smallest absolute Gasteiger partial charge is 0.272 e. The summed E-state index contributed by atoms with van der Waals surface area (Å²) in [5, 5.41) is 10.9. The third kappa shape index (κ3) is 4.31. The predicted octanol–water partition coefficient (Wildman–Crippen LogP) is 4.03. The molecule has 3 rings (SSSR count). The first-order valence-corrected chi connectivity index (χ1v) is 10.4. The molecule has 0 aliphatic carbocycles. The maximum atomic E-state index is 13.3. The van der Waals surface area contributed by atoms with Crippen molar-refractivity contribution >= 4 is 27.3 Å². The van der Waals surface area contributed by atoms with E-state index in [0.29, 0.717) is 16.7 Å². The second-order valence-electron chi connectivity index (χ2n) is 6.12. The standard InChI is InChI=1S/C21H18N2O6S/c1-2-29-19-14-12-17(13-15-19)22(30(27,28)20-6-4-3-5-7-20)21(24)16-8-10-18(11-9-16)23(25)26/h3-15H,2H2,1H3. The molecule has 0 spiro atoms. The van der Waals surface area contributed by atoms with E-state index in [4.69, 9.17) is 4.74 Å². The molecule has 0 saturated carbocycles. The van der Waals surface area contributed by atoms with Crippen LogP contribution in [0.25, 0.3) is 0 Å². The van der Waals surface area contributed by atoms with E-state index < -0.39 is 20.9 Å². The van der Waals surface area contributed by atoms with Crippen LogP contribution in [0, 0.1) is 10.1 Å². The number of rotatable bonds is 7. The molecular formula is C21H18N2O6S. The van der Waals surface area contributed by atoms with Crippen LogP contribution in [0.3, 0.4) is 0 Å². The van der Waals surface area contributed by atoms with Gasteiger partial charge in [-0.15, -0.1) is 0 Å². The predicted molar refractivity (Wildman–Crippen MR) is 111 cm³/mol. The van der Waals surface area contributed by atoms with E-state index in [-0.39, 0.29) is 21.8 Å². The molecular weight excluding hydrogens is 408 g/mol. The van der Waals surface area contributed by atoms with Crippen molar-refractivity contribution in [1.29, 1.82) is 0 Å². The fourth-order valence-electron chi connectivity index (χ4n) is 2.75. The van der Waals surface area contributed by atoms with E-state index >= 15 is 0 Å². The number of nitro benzene ring substituents is 1. The Kier molecular flexibility index (Phi) is 6.12. The maximum Gasteiger partial charge on any atom is 0.272 e. The molecule has 0 unspecified atom stereocenters. The SMILES string of the molecule is CCOc1ccc(N(C(=O)c2ccc([N+](=O)[O-])cc2)S(=O)(=O)c2ccccc2)cc1. The van der Waals surface area contributed by atoms with E-state index in [1.54, 1.807) is 30.3 Å². The van der Waals surface area contributed by atoms with Gasteiger partial charge in [-0.25, -0.2) is 8.42 Å². The lowest BCUT2D eigenvalue weighted by Crippen LogP contribution is -2.37. The summed E-state index contributed by atoms with van der Waals surface area (Å²) in [6, 6.07) is 18.4. The molecule has 154 valence electrons. The van der Waals surface area contributed by atoms with Crippen LogP contribution < -0.4 is 9.04 Å². The van der Waals surface area contributed by atoms with Gasteiger partial charge >= 0.3 is 0 Å². The van der Waals surface area contributed by atoms with E-state index in [0.717, 1.165) is 12.1 Å². The molecule has 9 heteroatoms. The minimum Gasteiger partial charge on any atom is -0.494 e. The van der Waals surface area contributed by atoms with Gasteiger partial charge in [0.15, 0.2) is 0 Å². The van der Waals surface area contributed by atoms with E-state index in [1.807, 2.05) is 6.92 Å². The second kappa shape index (κ2) is 8.75. The first kappa shape index (κ1) is 21.0. The summed E-state index contributed by atoms with van der Waals surface area (Å²) in [4.78, 5) is 23.4. The molecule has 0 fully saturated rings. The molecule has 1 amide bonds. The molecule has 30 heavy (non-hydrogen) atoms. The number of benzene rings is 3. The number of non-ortho nitro benzene ring substituents is 1. The summed E-state index contributed by atoms with van der Waals surface area (Å²) in [6.45, 7) is 2.26. The zero-order valence-electron chi connectivity index (χ0n) is 16.0. The average molecular weight is 426 g/mol. The highest BCUT2D eigenvalue weighted by Crippen LogP contribution is 2.28. The third-order valence-electron chi connectivity index (χ3n) is 4.17. The monoisotopic (exact) mass is 426 g/mol. The molecule has 0 aromatic heterocycles. The van der Waals surface area contributed by atoms with Crippen LogP contribution in [0.5, 0.6) is 5.75 Å². The number of hydrogen-bond donors (Lipinski definition) is 0. The highest BCUT2D eigenvalue weighted by Gasteiger charge is 2.32. The number of nitro groups is 1. The number of hydrogen-bond acceptors (Lipinski definition) is 6. The average Bonchev–Trinajstić information content (AvgIpc) is 2.76. The Balaban J connectivity index is 2.09. The molecule has 0 bridgehead atoms. The third-order valence-corrected chi connectivity index (χ3v) is 5.90. The Morgan fingerprint density at radius 1 is 0.967 bits per heavy atom. The van der Waals surface area contributed by atoms with Crippen molar-refractivity contribution in [3.8, 4) is 5.75 Å². The van der Waals surface area contributed by atoms with Crippen molar-refractivity contribution in [2.75, 3.05) is 10.9 Å². The highest BCUT2D eigenvalue weighted by molar-refractivity contribution is 7.93. The Labute approximate surface area is 173 Å². The van der Waals surface area contributed by atoms with Crippen molar-refractivity contribution < 1.29 is 22.9 Å². The minimum absolute atomic E-state index is 0.00556. The zero-order valence-corrected chi connectivity index (χ0v) is 16.8. The molecule has 0 aliphatic heterocycles. The van der Waals surface area contributed by atoms with Crippen LogP contribution in [-0.4, -0.2) is 25.9 Å². The second-order valence-corrected chi connectivity index (χ2v) is 7.91. The van der Waals surface area contributed by atoms with Crippen LogP contribution >= 0.6 is 0 Å². The number of carbonyl (C=O) groups is 1. The molecule has 0 aliphatic rings. The number of carbonyl (C=O) groups excluding carboxylic acids is 1. The number of anilines is 1. The minimum atomic E-state index is -4.24. The van der Waals surface area contributed by atoms with Gasteiger partial charge in [-0.05, 0) is 55.5 Å². The molecule has 8 nitrogen and oxygen atoms in total. The Hall–Kier alpha value is -3.72. The molecule has 0 saturated heterocycles. The first-order chi connectivity index (χ1) is 14.3. The van der Waals surface area contributed by atoms with Gasteiger partial charge in [-0.1, -0.05) is 18.2 Å². The van der Waals surface area contributed by atoms with Crippen molar-refractivity contribution in [3.05, 3.63) is 94.5 Å². The molecule has 0 atom stereocenters. The van der Waals surface area contributed by atoms with Gasteiger partial charge in [0.05, 0.1) is 22.1 Å². The Morgan fingerprint density at radius 2 is 1.57 bits per heavy atom. The van der Waals surface area contributed by atoms with Gasteiger partial charge in [-0.2, -0.15) is 4.31 Å². The molecule has 3 aromatic rings. The molecule has 0 radical (unpaired) electrons. The van der Waals surface area contributed by atoms with Crippen LogP contribution in [0.1, 0.15) is 17.3 Å². The zero-order chi connectivity index (χ0) is 21.7. The summed E-state index contributed by atoms with van der Waals surface area (Å²) in [5.74, 6) is -0.306. The Bertz CT molecular complexity index is 1140. The number of ether oxygens (including phenoxy) is 1. The van der Waals surface area contributed by atoms with Crippen LogP contribution in [0.15, 0.2) is 83.8 Å². The van der Waals surface area contributed by atoms with Gasteiger partial charge in [0.1, 0.15) is 5.75 Å². The van der Waals surface area contributed by atoms with Crippen LogP contribution in [-0.2, 0) is 10.0 Å². The van der Waals surface area contributed by atoms with Crippen LogP contribution in [0.2, 0.25) is 0 Å². The molecule has 0 heterocycles. The highest BCUT2D eigenvalue weighted by atomic mass is 32.2. The van der Waals surface area contributed by atoms with Crippen LogP contribution in [0.4, 0.5) is 11.4 Å². The largest absolute Gasteiger partial charge is 0.494 e. The Morgan fingerprint density at radius 3 is 2.10 bits per heavy atom.